The molecule has 0 rings (SSSR count). The number of carbonyl (C=O) groups excluding carboxylic acids is 2. The highest BCUT2D eigenvalue weighted by molar-refractivity contribution is 5.82. The third-order valence-electron chi connectivity index (χ3n) is 1.24. The largest absolute Gasteiger partial charge is 0.458 e. The molecule has 0 spiro atoms. The van der Waals surface area contributed by atoms with E-state index in [1.54, 1.807) is 6.92 Å². The van der Waals surface area contributed by atoms with Crippen molar-refractivity contribution in [3.05, 3.63) is 0 Å². The molecule has 0 aliphatic carbocycles. The van der Waals surface area contributed by atoms with Crippen LogP contribution in [0.3, 0.4) is 0 Å². The van der Waals surface area contributed by atoms with Crippen LogP contribution in [0.2, 0.25) is 0 Å². The first-order chi connectivity index (χ1) is 5.20. The molecule has 0 heterocycles. The lowest BCUT2D eigenvalue weighted by molar-refractivity contribution is -0.147. The van der Waals surface area contributed by atoms with Crippen molar-refractivity contribution in [2.24, 2.45) is 0 Å². The SMILES string of the molecule is CCCC(=O)OCC(=O)CC. The summed E-state index contributed by atoms with van der Waals surface area (Å²) in [5, 5.41) is 0. The van der Waals surface area contributed by atoms with Gasteiger partial charge in [0.05, 0.1) is 0 Å². The number of ether oxygens (including phenoxy) is 1. The molecule has 0 saturated carbocycles. The molecule has 0 radical (unpaired) electrons. The molecule has 0 bridgehead atoms. The Labute approximate surface area is 66.7 Å². The van der Waals surface area contributed by atoms with E-state index in [1.165, 1.54) is 0 Å². The van der Waals surface area contributed by atoms with Gasteiger partial charge in [-0.2, -0.15) is 0 Å². The average molecular weight is 158 g/mol. The molecular weight excluding hydrogens is 144 g/mol. The lowest BCUT2D eigenvalue weighted by atomic mass is 10.3. The highest BCUT2D eigenvalue weighted by atomic mass is 16.5. The van der Waals surface area contributed by atoms with Gasteiger partial charge in [-0.15, -0.1) is 0 Å². The third kappa shape index (κ3) is 5.58. The van der Waals surface area contributed by atoms with Crippen LogP contribution >= 0.6 is 0 Å². The second-order valence-corrected chi connectivity index (χ2v) is 2.30. The van der Waals surface area contributed by atoms with Gasteiger partial charge in [0.2, 0.25) is 0 Å². The van der Waals surface area contributed by atoms with Gasteiger partial charge >= 0.3 is 5.97 Å². The van der Waals surface area contributed by atoms with E-state index in [0.29, 0.717) is 12.8 Å². The average Bonchev–Trinajstić information content (AvgIpc) is 2.01. The highest BCUT2D eigenvalue weighted by Gasteiger charge is 2.03. The van der Waals surface area contributed by atoms with E-state index < -0.39 is 0 Å². The topological polar surface area (TPSA) is 43.4 Å². The van der Waals surface area contributed by atoms with Crippen molar-refractivity contribution in [1.82, 2.24) is 0 Å². The zero-order valence-corrected chi connectivity index (χ0v) is 7.05. The molecule has 0 fully saturated rings. The summed E-state index contributed by atoms with van der Waals surface area (Å²) in [6.45, 7) is 3.58. The number of carbonyl (C=O) groups is 2. The third-order valence-corrected chi connectivity index (χ3v) is 1.24. The van der Waals surface area contributed by atoms with Crippen LogP contribution in [0.15, 0.2) is 0 Å². The Morgan fingerprint density at radius 3 is 2.36 bits per heavy atom. The Morgan fingerprint density at radius 2 is 1.91 bits per heavy atom. The molecule has 11 heavy (non-hydrogen) atoms. The first-order valence-corrected chi connectivity index (χ1v) is 3.88. The second-order valence-electron chi connectivity index (χ2n) is 2.30. The standard InChI is InChI=1S/C8H14O3/c1-3-5-8(10)11-6-7(9)4-2/h3-6H2,1-2H3. The molecule has 0 aliphatic heterocycles. The molecule has 0 amide bonds. The minimum absolute atomic E-state index is 0.0329. The van der Waals surface area contributed by atoms with E-state index in [4.69, 9.17) is 0 Å². The maximum Gasteiger partial charge on any atom is 0.306 e. The Morgan fingerprint density at radius 1 is 1.27 bits per heavy atom. The van der Waals surface area contributed by atoms with Crippen molar-refractivity contribution in [2.45, 2.75) is 33.1 Å². The monoisotopic (exact) mass is 158 g/mol. The lowest BCUT2D eigenvalue weighted by Gasteiger charge is -2.00. The van der Waals surface area contributed by atoms with Crippen molar-refractivity contribution in [3.63, 3.8) is 0 Å². The van der Waals surface area contributed by atoms with E-state index in [1.807, 2.05) is 6.92 Å². The number of ketones is 1. The molecule has 0 aromatic heterocycles. The second kappa shape index (κ2) is 5.89. The van der Waals surface area contributed by atoms with Gasteiger partial charge in [0.1, 0.15) is 6.61 Å². The summed E-state index contributed by atoms with van der Waals surface area (Å²) < 4.78 is 4.65. The Kier molecular flexibility index (Phi) is 5.43. The van der Waals surface area contributed by atoms with Gasteiger partial charge < -0.3 is 4.74 Å². The number of hydrogen-bond donors (Lipinski definition) is 0. The predicted octanol–water partition coefficient (Wildman–Crippen LogP) is 1.31. The van der Waals surface area contributed by atoms with Crippen LogP contribution in [-0.4, -0.2) is 18.4 Å². The molecule has 3 heteroatoms. The van der Waals surface area contributed by atoms with Crippen LogP contribution in [0, 0.1) is 0 Å². The van der Waals surface area contributed by atoms with Crippen molar-refractivity contribution in [1.29, 1.82) is 0 Å². The smallest absolute Gasteiger partial charge is 0.306 e. The van der Waals surface area contributed by atoms with Gasteiger partial charge in [0.25, 0.3) is 0 Å². The van der Waals surface area contributed by atoms with Crippen LogP contribution in [0.25, 0.3) is 0 Å². The molecule has 0 aromatic rings. The lowest BCUT2D eigenvalue weighted by Crippen LogP contribution is -2.12. The summed E-state index contributed by atoms with van der Waals surface area (Å²) in [7, 11) is 0. The van der Waals surface area contributed by atoms with Crippen molar-refractivity contribution in [2.75, 3.05) is 6.61 Å². The number of hydrogen-bond acceptors (Lipinski definition) is 3. The number of rotatable bonds is 5. The predicted molar refractivity (Wildman–Crippen MR) is 41.2 cm³/mol. The number of Topliss-reactive ketones (excluding diaryl/α,β-unsaturated/α-hetero) is 1. The quantitative estimate of drug-likeness (QED) is 0.566. The van der Waals surface area contributed by atoms with E-state index in [0.717, 1.165) is 6.42 Å². The maximum atomic E-state index is 10.7. The first kappa shape index (κ1) is 10.1. The van der Waals surface area contributed by atoms with Crippen molar-refractivity contribution >= 4 is 11.8 Å². The van der Waals surface area contributed by atoms with Crippen molar-refractivity contribution < 1.29 is 14.3 Å². The van der Waals surface area contributed by atoms with Gasteiger partial charge in [0.15, 0.2) is 5.78 Å². The van der Waals surface area contributed by atoms with Gasteiger partial charge in [-0.25, -0.2) is 0 Å². The zero-order chi connectivity index (χ0) is 8.69. The van der Waals surface area contributed by atoms with Gasteiger partial charge in [-0.05, 0) is 6.42 Å². The molecule has 0 aromatic carbocycles. The summed E-state index contributed by atoms with van der Waals surface area (Å²) in [5.74, 6) is -0.316. The summed E-state index contributed by atoms with van der Waals surface area (Å²) >= 11 is 0. The zero-order valence-electron chi connectivity index (χ0n) is 7.05. The maximum absolute atomic E-state index is 10.7. The minimum Gasteiger partial charge on any atom is -0.458 e. The molecule has 0 N–H and O–H groups in total. The van der Waals surface area contributed by atoms with Crippen LogP contribution in [0.5, 0.6) is 0 Å². The van der Waals surface area contributed by atoms with Gasteiger partial charge in [-0.3, -0.25) is 9.59 Å². The molecular formula is C8H14O3. The van der Waals surface area contributed by atoms with Crippen LogP contribution in [0.1, 0.15) is 33.1 Å². The van der Waals surface area contributed by atoms with Crippen molar-refractivity contribution in [3.8, 4) is 0 Å². The summed E-state index contributed by atoms with van der Waals surface area (Å²) in [6, 6.07) is 0. The van der Waals surface area contributed by atoms with Gasteiger partial charge in [0, 0.05) is 12.8 Å². The molecule has 64 valence electrons. The molecule has 0 saturated heterocycles. The molecule has 3 nitrogen and oxygen atoms in total. The fourth-order valence-electron chi connectivity index (χ4n) is 0.539. The Bertz CT molecular complexity index is 140. The van der Waals surface area contributed by atoms with Crippen LogP contribution < -0.4 is 0 Å². The molecule has 0 unspecified atom stereocenters. The summed E-state index contributed by atoms with van der Waals surface area (Å²) in [4.78, 5) is 21.3. The summed E-state index contributed by atoms with van der Waals surface area (Å²) in [5.41, 5.74) is 0. The first-order valence-electron chi connectivity index (χ1n) is 3.88. The van der Waals surface area contributed by atoms with E-state index in [2.05, 4.69) is 4.74 Å². The molecule has 0 atom stereocenters. The fraction of sp³-hybridized carbons (Fsp3) is 0.750. The number of esters is 1. The van der Waals surface area contributed by atoms with Gasteiger partial charge in [-0.1, -0.05) is 13.8 Å². The normalized spacial score (nSPS) is 9.27. The van der Waals surface area contributed by atoms with Crippen LogP contribution in [-0.2, 0) is 14.3 Å². The minimum atomic E-state index is -0.283. The fourth-order valence-corrected chi connectivity index (χ4v) is 0.539. The van der Waals surface area contributed by atoms with E-state index in [9.17, 15) is 9.59 Å². The molecule has 0 aliphatic rings. The van der Waals surface area contributed by atoms with E-state index in [-0.39, 0.29) is 18.4 Å². The van der Waals surface area contributed by atoms with E-state index >= 15 is 0 Å². The highest BCUT2D eigenvalue weighted by Crippen LogP contribution is 1.91. The Hall–Kier alpha value is -0.860. The van der Waals surface area contributed by atoms with Crippen LogP contribution in [0.4, 0.5) is 0 Å². The summed E-state index contributed by atoms with van der Waals surface area (Å²) in [6.07, 6.45) is 1.59. The Balaban J connectivity index is 3.38.